The molecule has 0 aromatic heterocycles. The van der Waals surface area contributed by atoms with Gasteiger partial charge in [-0.3, -0.25) is 4.79 Å². The minimum absolute atomic E-state index is 0.0883. The number of carboxylic acid groups (broad SMARTS) is 1. The Bertz CT molecular complexity index is 260. The molecule has 4 N–H and O–H groups in total. The van der Waals surface area contributed by atoms with Crippen molar-refractivity contribution in [2.24, 2.45) is 5.92 Å². The van der Waals surface area contributed by atoms with Crippen LogP contribution in [0.15, 0.2) is 0 Å². The van der Waals surface area contributed by atoms with Crippen molar-refractivity contribution >= 4 is 5.97 Å². The van der Waals surface area contributed by atoms with E-state index < -0.39 is 12.1 Å². The molecule has 106 valence electrons. The highest BCUT2D eigenvalue weighted by molar-refractivity contribution is 5.66. The van der Waals surface area contributed by atoms with Crippen LogP contribution in [-0.4, -0.2) is 71.1 Å². The van der Waals surface area contributed by atoms with Gasteiger partial charge >= 0.3 is 5.97 Å². The fourth-order valence-electron chi connectivity index (χ4n) is 2.43. The molecule has 3 atom stereocenters. The van der Waals surface area contributed by atoms with Crippen LogP contribution in [0.5, 0.6) is 0 Å². The lowest BCUT2D eigenvalue weighted by molar-refractivity contribution is -0.137. The van der Waals surface area contributed by atoms with E-state index in [2.05, 4.69) is 10.2 Å². The summed E-state index contributed by atoms with van der Waals surface area (Å²) in [7, 11) is 0. The molecule has 1 aliphatic heterocycles. The average molecular weight is 260 g/mol. The van der Waals surface area contributed by atoms with Crippen molar-refractivity contribution in [2.75, 3.05) is 32.8 Å². The van der Waals surface area contributed by atoms with Gasteiger partial charge in [-0.1, -0.05) is 0 Å². The van der Waals surface area contributed by atoms with Gasteiger partial charge in [0.1, 0.15) is 0 Å². The molecule has 0 spiro atoms. The molecule has 0 bridgehead atoms. The molecule has 0 aromatic rings. The first-order valence-electron chi connectivity index (χ1n) is 6.49. The van der Waals surface area contributed by atoms with Gasteiger partial charge in [-0.05, 0) is 19.3 Å². The van der Waals surface area contributed by atoms with Crippen LogP contribution >= 0.6 is 0 Å². The molecule has 0 radical (unpaired) electrons. The number of carbonyl (C=O) groups is 1. The van der Waals surface area contributed by atoms with E-state index in [1.54, 1.807) is 6.92 Å². The summed E-state index contributed by atoms with van der Waals surface area (Å²) >= 11 is 0. The molecule has 6 heteroatoms. The van der Waals surface area contributed by atoms with Gasteiger partial charge in [-0.25, -0.2) is 0 Å². The van der Waals surface area contributed by atoms with Crippen molar-refractivity contribution < 1.29 is 20.1 Å². The zero-order valence-corrected chi connectivity index (χ0v) is 10.9. The van der Waals surface area contributed by atoms with E-state index in [0.717, 1.165) is 19.5 Å². The minimum Gasteiger partial charge on any atom is -0.481 e. The van der Waals surface area contributed by atoms with E-state index in [0.29, 0.717) is 13.1 Å². The maximum Gasteiger partial charge on any atom is 0.304 e. The normalized spacial score (nSPS) is 27.1. The van der Waals surface area contributed by atoms with Crippen molar-refractivity contribution in [1.82, 2.24) is 10.2 Å². The summed E-state index contributed by atoms with van der Waals surface area (Å²) < 4.78 is 0. The van der Waals surface area contributed by atoms with Gasteiger partial charge in [0, 0.05) is 32.2 Å². The summed E-state index contributed by atoms with van der Waals surface area (Å²) in [6.45, 7) is 4.41. The van der Waals surface area contributed by atoms with Crippen LogP contribution in [0.3, 0.4) is 0 Å². The number of aliphatic hydroxyl groups excluding tert-OH is 2. The van der Waals surface area contributed by atoms with Crippen LogP contribution in [0, 0.1) is 5.92 Å². The highest BCUT2D eigenvalue weighted by Gasteiger charge is 2.29. The number of nitrogens with one attached hydrogen (secondary N) is 1. The van der Waals surface area contributed by atoms with Gasteiger partial charge in [0.2, 0.25) is 0 Å². The molecule has 1 saturated heterocycles. The summed E-state index contributed by atoms with van der Waals surface area (Å²) in [5.41, 5.74) is 0. The van der Waals surface area contributed by atoms with Gasteiger partial charge in [-0.2, -0.15) is 0 Å². The third kappa shape index (κ3) is 5.30. The molecule has 0 amide bonds. The zero-order chi connectivity index (χ0) is 13.5. The predicted octanol–water partition coefficient (Wildman–Crippen LogP) is -0.886. The van der Waals surface area contributed by atoms with Gasteiger partial charge in [0.15, 0.2) is 0 Å². The number of aliphatic carboxylic acids is 1. The van der Waals surface area contributed by atoms with Crippen LogP contribution in [0.25, 0.3) is 0 Å². The number of likely N-dealkylation sites (tertiary alicyclic amines) is 1. The fourth-order valence-corrected chi connectivity index (χ4v) is 2.43. The Morgan fingerprint density at radius 1 is 1.50 bits per heavy atom. The second-order valence-electron chi connectivity index (χ2n) is 5.01. The Labute approximate surface area is 108 Å². The molecular formula is C12H24N2O4. The molecule has 0 saturated carbocycles. The van der Waals surface area contributed by atoms with Crippen LogP contribution < -0.4 is 5.32 Å². The van der Waals surface area contributed by atoms with E-state index in [9.17, 15) is 9.90 Å². The number of hydrogen-bond acceptors (Lipinski definition) is 5. The molecule has 1 aliphatic rings. The predicted molar refractivity (Wildman–Crippen MR) is 67.4 cm³/mol. The van der Waals surface area contributed by atoms with Crippen molar-refractivity contribution in [2.45, 2.75) is 31.9 Å². The molecule has 0 aromatic carbocycles. The summed E-state index contributed by atoms with van der Waals surface area (Å²) in [4.78, 5) is 12.7. The number of carboxylic acids is 1. The Kier molecular flexibility index (Phi) is 6.56. The molecule has 1 rings (SSSR count). The van der Waals surface area contributed by atoms with Gasteiger partial charge in [-0.15, -0.1) is 0 Å². The topological polar surface area (TPSA) is 93.0 Å². The number of piperidine rings is 1. The van der Waals surface area contributed by atoms with Crippen molar-refractivity contribution in [1.29, 1.82) is 0 Å². The first-order valence-corrected chi connectivity index (χ1v) is 6.49. The largest absolute Gasteiger partial charge is 0.481 e. The maximum atomic E-state index is 10.6. The summed E-state index contributed by atoms with van der Waals surface area (Å²) in [6.07, 6.45) is 0.594. The number of rotatable bonds is 7. The van der Waals surface area contributed by atoms with E-state index >= 15 is 0 Å². The van der Waals surface area contributed by atoms with Crippen LogP contribution in [0.1, 0.15) is 19.8 Å². The third-order valence-corrected chi connectivity index (χ3v) is 3.43. The monoisotopic (exact) mass is 260 g/mol. The lowest BCUT2D eigenvalue weighted by Gasteiger charge is -2.39. The Morgan fingerprint density at radius 2 is 2.22 bits per heavy atom. The van der Waals surface area contributed by atoms with E-state index in [1.165, 1.54) is 0 Å². The van der Waals surface area contributed by atoms with Crippen LogP contribution in [0.4, 0.5) is 0 Å². The fraction of sp³-hybridized carbons (Fsp3) is 0.917. The third-order valence-electron chi connectivity index (χ3n) is 3.43. The van der Waals surface area contributed by atoms with Gasteiger partial charge in [0.05, 0.1) is 19.1 Å². The number of aliphatic hydroxyl groups is 2. The molecule has 18 heavy (non-hydrogen) atoms. The molecule has 1 fully saturated rings. The highest BCUT2D eigenvalue weighted by Crippen LogP contribution is 2.20. The standard InChI is InChI=1S/C12H24N2O4/c1-9(16)10-6-11(13-3-5-15)8-14(7-10)4-2-12(17)18/h9-11,13,15-16H,2-8H2,1H3,(H,17,18). The van der Waals surface area contributed by atoms with E-state index in [-0.39, 0.29) is 25.0 Å². The smallest absolute Gasteiger partial charge is 0.304 e. The van der Waals surface area contributed by atoms with Crippen LogP contribution in [-0.2, 0) is 4.79 Å². The summed E-state index contributed by atoms with van der Waals surface area (Å²) in [6, 6.07) is 0.208. The summed E-state index contributed by atoms with van der Waals surface area (Å²) in [5, 5.41) is 30.4. The van der Waals surface area contributed by atoms with E-state index in [1.807, 2.05) is 0 Å². The molecular weight excluding hydrogens is 236 g/mol. The lowest BCUT2D eigenvalue weighted by atomic mass is 9.90. The zero-order valence-electron chi connectivity index (χ0n) is 10.9. The molecule has 0 aliphatic carbocycles. The molecule has 6 nitrogen and oxygen atoms in total. The Morgan fingerprint density at radius 3 is 2.78 bits per heavy atom. The van der Waals surface area contributed by atoms with E-state index in [4.69, 9.17) is 10.2 Å². The van der Waals surface area contributed by atoms with Gasteiger partial charge < -0.3 is 25.5 Å². The first kappa shape index (κ1) is 15.4. The van der Waals surface area contributed by atoms with Gasteiger partial charge in [0.25, 0.3) is 0 Å². The summed E-state index contributed by atoms with van der Waals surface area (Å²) in [5.74, 6) is -0.641. The van der Waals surface area contributed by atoms with Crippen molar-refractivity contribution in [3.8, 4) is 0 Å². The molecule has 3 unspecified atom stereocenters. The number of hydrogen-bond donors (Lipinski definition) is 4. The van der Waals surface area contributed by atoms with Crippen molar-refractivity contribution in [3.05, 3.63) is 0 Å². The second-order valence-corrected chi connectivity index (χ2v) is 5.01. The quantitative estimate of drug-likeness (QED) is 0.475. The minimum atomic E-state index is -0.797. The highest BCUT2D eigenvalue weighted by atomic mass is 16.4. The Hall–Kier alpha value is -0.690. The second kappa shape index (κ2) is 7.68. The lowest BCUT2D eigenvalue weighted by Crippen LogP contribution is -2.52. The van der Waals surface area contributed by atoms with Crippen molar-refractivity contribution in [3.63, 3.8) is 0 Å². The Balaban J connectivity index is 2.48. The first-order chi connectivity index (χ1) is 8.52. The molecule has 1 heterocycles. The SMILES string of the molecule is CC(O)C1CC(NCCO)CN(CCC(=O)O)C1. The number of nitrogens with zero attached hydrogens (tertiary/aromatic N) is 1. The van der Waals surface area contributed by atoms with Crippen LogP contribution in [0.2, 0.25) is 0 Å². The average Bonchev–Trinajstić information content (AvgIpc) is 2.33. The maximum absolute atomic E-state index is 10.6.